The van der Waals surface area contributed by atoms with Gasteiger partial charge in [-0.3, -0.25) is 33.6 Å². The maximum Gasteiger partial charge on any atom is 0.407 e. The number of ether oxygens (including phenoxy) is 3. The molecule has 15 nitrogen and oxygen atoms in total. The predicted octanol–water partition coefficient (Wildman–Crippen LogP) is 12.5. The minimum absolute atomic E-state index is 0.0797. The molecule has 0 aromatic carbocycles. The number of carboxylic acids is 2. The number of alkyl carbamates (subject to hydrolysis) is 1. The van der Waals surface area contributed by atoms with Crippen molar-refractivity contribution in [3.05, 3.63) is 0 Å². The molecule has 0 spiro atoms. The number of amides is 2. The van der Waals surface area contributed by atoms with Gasteiger partial charge in [-0.1, -0.05) is 194 Å². The van der Waals surface area contributed by atoms with E-state index in [1.807, 2.05) is 0 Å². The number of aliphatic carboxylic acids is 2. The van der Waals surface area contributed by atoms with Gasteiger partial charge in [-0.15, -0.1) is 0 Å². The van der Waals surface area contributed by atoms with Gasteiger partial charge in [-0.05, 0) is 32.6 Å². The summed E-state index contributed by atoms with van der Waals surface area (Å²) in [7, 11) is 0. The molecule has 4 N–H and O–H groups in total. The summed E-state index contributed by atoms with van der Waals surface area (Å²) in [5.41, 5.74) is 0. The molecule has 0 aliphatic rings. The molecule has 0 saturated heterocycles. The van der Waals surface area contributed by atoms with Crippen LogP contribution in [0.2, 0.25) is 0 Å². The molecule has 15 heteroatoms. The first kappa shape index (κ1) is 66.0. The van der Waals surface area contributed by atoms with E-state index >= 15 is 0 Å². The van der Waals surface area contributed by atoms with Crippen molar-refractivity contribution in [3.63, 3.8) is 0 Å². The fourth-order valence-corrected chi connectivity index (χ4v) is 8.38. The predicted molar refractivity (Wildman–Crippen MR) is 273 cm³/mol. The van der Waals surface area contributed by atoms with Gasteiger partial charge in [0, 0.05) is 51.0 Å². The standard InChI is InChI=1S/C55H98N2O13/c1-4-6-8-10-12-14-16-18-20-22-24-26-28-30-32-34-53(65)68-43-47(70-54(66)35-33-31-29-27-25-23-21-19-17-15-13-11-9-7-5-2)44-69-55(67)56-41-40-50(60)57-48(37-39-52(63)64)49(59)42-46(45(3)58)36-38-51(61)62/h46-48H,4-44H2,1-3H3,(H,56,67)(H,57,60)(H,61,62)(H,63,64). The number of Topliss-reactive ketones (excluding diaryl/α,β-unsaturated/α-hetero) is 2. The third-order valence-corrected chi connectivity index (χ3v) is 12.8. The van der Waals surface area contributed by atoms with Crippen LogP contribution in [-0.4, -0.2) is 89.6 Å². The van der Waals surface area contributed by atoms with Gasteiger partial charge in [0.15, 0.2) is 11.9 Å². The molecule has 2 amide bonds. The fraction of sp³-hybridized carbons (Fsp3) is 0.855. The maximum atomic E-state index is 13.0. The smallest absolute Gasteiger partial charge is 0.407 e. The highest BCUT2D eigenvalue weighted by atomic mass is 16.6. The van der Waals surface area contributed by atoms with Crippen LogP contribution in [0.1, 0.15) is 265 Å². The van der Waals surface area contributed by atoms with E-state index in [0.717, 1.165) is 38.5 Å². The van der Waals surface area contributed by atoms with Crippen molar-refractivity contribution in [2.75, 3.05) is 19.8 Å². The van der Waals surface area contributed by atoms with Crippen LogP contribution in [0.5, 0.6) is 0 Å². The van der Waals surface area contributed by atoms with Crippen molar-refractivity contribution in [2.24, 2.45) is 5.92 Å². The Morgan fingerprint density at radius 2 is 0.843 bits per heavy atom. The number of carboxylic acid groups (broad SMARTS) is 2. The molecule has 0 aromatic rings. The second-order valence-corrected chi connectivity index (χ2v) is 19.4. The first-order chi connectivity index (χ1) is 33.8. The molecular formula is C55H98N2O13. The van der Waals surface area contributed by atoms with Crippen molar-refractivity contribution in [1.82, 2.24) is 10.6 Å². The van der Waals surface area contributed by atoms with Crippen LogP contribution in [0.3, 0.4) is 0 Å². The van der Waals surface area contributed by atoms with Gasteiger partial charge in [-0.25, -0.2) is 4.79 Å². The highest BCUT2D eigenvalue weighted by Crippen LogP contribution is 2.18. The Bertz CT molecular complexity index is 1410. The van der Waals surface area contributed by atoms with Gasteiger partial charge in [-0.2, -0.15) is 0 Å². The zero-order valence-corrected chi connectivity index (χ0v) is 44.1. The number of nitrogens with one attached hydrogen (secondary N) is 2. The zero-order chi connectivity index (χ0) is 51.9. The SMILES string of the molecule is CCCCCCCCCCCCCCCCCC(=O)OCC(COC(=O)NCCC(=O)NC(CCC(=O)O)C(=O)CC(CCC(=O)O)C(C)=O)OC(=O)CCCCCCCCCCCCCCCCC. The number of carbonyl (C=O) groups is 8. The summed E-state index contributed by atoms with van der Waals surface area (Å²) < 4.78 is 16.4. The molecule has 70 heavy (non-hydrogen) atoms. The van der Waals surface area contributed by atoms with Crippen molar-refractivity contribution >= 4 is 47.4 Å². The molecule has 0 saturated carbocycles. The Morgan fingerprint density at radius 3 is 1.26 bits per heavy atom. The summed E-state index contributed by atoms with van der Waals surface area (Å²) in [6.45, 7) is 4.81. The molecule has 0 heterocycles. The van der Waals surface area contributed by atoms with Gasteiger partial charge >= 0.3 is 30.0 Å². The summed E-state index contributed by atoms with van der Waals surface area (Å²) in [4.78, 5) is 98.3. The number of carbonyl (C=O) groups excluding carboxylic acids is 6. The van der Waals surface area contributed by atoms with Crippen LogP contribution in [-0.2, 0) is 47.8 Å². The Morgan fingerprint density at radius 1 is 0.457 bits per heavy atom. The Balaban J connectivity index is 4.90. The minimum Gasteiger partial charge on any atom is -0.481 e. The highest BCUT2D eigenvalue weighted by Gasteiger charge is 2.27. The topological polar surface area (TPSA) is 229 Å². The minimum atomic E-state index is -1.24. The van der Waals surface area contributed by atoms with Crippen molar-refractivity contribution in [1.29, 1.82) is 0 Å². The normalized spacial score (nSPS) is 12.4. The largest absolute Gasteiger partial charge is 0.481 e. The lowest BCUT2D eigenvalue weighted by atomic mass is 9.90. The summed E-state index contributed by atoms with van der Waals surface area (Å²) in [6, 6.07) is -1.24. The number of rotatable bonds is 51. The average Bonchev–Trinajstić information content (AvgIpc) is 3.32. The molecule has 0 aliphatic heterocycles. The van der Waals surface area contributed by atoms with E-state index in [1.165, 1.54) is 148 Å². The monoisotopic (exact) mass is 995 g/mol. The van der Waals surface area contributed by atoms with Crippen molar-refractivity contribution in [3.8, 4) is 0 Å². The first-order valence-electron chi connectivity index (χ1n) is 27.8. The quantitative estimate of drug-likeness (QED) is 0.0253. The van der Waals surface area contributed by atoms with Crippen LogP contribution in [0.4, 0.5) is 4.79 Å². The molecule has 0 rings (SSSR count). The summed E-state index contributed by atoms with van der Waals surface area (Å²) >= 11 is 0. The number of hydrogen-bond donors (Lipinski definition) is 4. The number of hydrogen-bond acceptors (Lipinski definition) is 11. The van der Waals surface area contributed by atoms with Crippen LogP contribution in [0.15, 0.2) is 0 Å². The van der Waals surface area contributed by atoms with E-state index in [9.17, 15) is 43.5 Å². The number of unbranched alkanes of at least 4 members (excludes halogenated alkanes) is 28. The maximum absolute atomic E-state index is 13.0. The summed E-state index contributed by atoms with van der Waals surface area (Å²) in [6.07, 6.45) is 32.9. The van der Waals surface area contributed by atoms with E-state index in [0.29, 0.717) is 12.8 Å². The molecule has 0 radical (unpaired) electrons. The van der Waals surface area contributed by atoms with E-state index < -0.39 is 78.5 Å². The Kier molecular flexibility index (Phi) is 44.6. The average molecular weight is 995 g/mol. The van der Waals surface area contributed by atoms with Crippen molar-refractivity contribution in [2.45, 2.75) is 277 Å². The van der Waals surface area contributed by atoms with Gasteiger partial charge in [0.1, 0.15) is 19.0 Å². The first-order valence-corrected chi connectivity index (χ1v) is 27.8. The lowest BCUT2D eigenvalue weighted by Gasteiger charge is -2.20. The molecule has 0 aromatic heterocycles. The molecule has 0 aliphatic carbocycles. The van der Waals surface area contributed by atoms with E-state index in [4.69, 9.17) is 19.3 Å². The zero-order valence-electron chi connectivity index (χ0n) is 44.1. The third-order valence-electron chi connectivity index (χ3n) is 12.8. The highest BCUT2D eigenvalue weighted by molar-refractivity contribution is 5.93. The van der Waals surface area contributed by atoms with Gasteiger partial charge < -0.3 is 35.1 Å². The second kappa shape index (κ2) is 47.3. The van der Waals surface area contributed by atoms with Gasteiger partial charge in [0.2, 0.25) is 5.91 Å². The molecular weight excluding hydrogens is 897 g/mol. The van der Waals surface area contributed by atoms with E-state index in [2.05, 4.69) is 24.5 Å². The Hall–Kier alpha value is -4.04. The van der Waals surface area contributed by atoms with Crippen LogP contribution >= 0.6 is 0 Å². The van der Waals surface area contributed by atoms with Crippen LogP contribution in [0.25, 0.3) is 0 Å². The molecule has 0 bridgehead atoms. The van der Waals surface area contributed by atoms with Crippen LogP contribution in [0, 0.1) is 5.92 Å². The second-order valence-electron chi connectivity index (χ2n) is 19.4. The lowest BCUT2D eigenvalue weighted by Crippen LogP contribution is -2.43. The molecule has 3 atom stereocenters. The van der Waals surface area contributed by atoms with E-state index in [1.54, 1.807) is 0 Å². The summed E-state index contributed by atoms with van der Waals surface area (Å²) in [5.74, 6) is -5.83. The molecule has 0 fully saturated rings. The third kappa shape index (κ3) is 43.9. The van der Waals surface area contributed by atoms with Gasteiger partial charge in [0.05, 0.1) is 6.04 Å². The Labute approximate surface area is 422 Å². The molecule has 406 valence electrons. The lowest BCUT2D eigenvalue weighted by molar-refractivity contribution is -0.161. The number of esters is 2. The summed E-state index contributed by atoms with van der Waals surface area (Å²) in [5, 5.41) is 23.1. The van der Waals surface area contributed by atoms with Crippen LogP contribution < -0.4 is 10.6 Å². The number of ketones is 2. The van der Waals surface area contributed by atoms with E-state index in [-0.39, 0.29) is 58.1 Å². The molecule has 3 unspecified atom stereocenters. The van der Waals surface area contributed by atoms with Crippen molar-refractivity contribution < 1.29 is 62.8 Å². The van der Waals surface area contributed by atoms with Gasteiger partial charge in [0.25, 0.3) is 0 Å². The fourth-order valence-electron chi connectivity index (χ4n) is 8.38.